The van der Waals surface area contributed by atoms with Gasteiger partial charge in [-0.25, -0.2) is 4.79 Å². The number of hydrogen-bond donors (Lipinski definition) is 2. The van der Waals surface area contributed by atoms with Crippen LogP contribution in [-0.2, 0) is 57.2 Å². The molecule has 210 valence electrons. The fourth-order valence-electron chi connectivity index (χ4n) is 4.08. The summed E-state index contributed by atoms with van der Waals surface area (Å²) < 4.78 is 32.0. The second-order valence-corrected chi connectivity index (χ2v) is 9.06. The van der Waals surface area contributed by atoms with Gasteiger partial charge in [0.05, 0.1) is 18.8 Å². The lowest BCUT2D eigenvalue weighted by atomic mass is 9.75. The molecular weight excluding hydrogens is 498 g/mol. The summed E-state index contributed by atoms with van der Waals surface area (Å²) >= 11 is 0. The number of carbonyl (C=O) groups is 6. The van der Waals surface area contributed by atoms with Crippen LogP contribution in [0.1, 0.15) is 54.9 Å². The van der Waals surface area contributed by atoms with Crippen LogP contribution in [0, 0.1) is 0 Å². The lowest BCUT2D eigenvalue weighted by Crippen LogP contribution is -2.73. The van der Waals surface area contributed by atoms with E-state index in [1.165, 1.54) is 13.8 Å². The Hall–Kier alpha value is -3.26. The molecule has 1 fully saturated rings. The summed E-state index contributed by atoms with van der Waals surface area (Å²) in [7, 11) is 1.04. The largest absolute Gasteiger partial charge is 0.467 e. The zero-order valence-corrected chi connectivity index (χ0v) is 22.1. The fourth-order valence-corrected chi connectivity index (χ4v) is 4.08. The lowest BCUT2D eigenvalue weighted by molar-refractivity contribution is -0.274. The standard InChI is InChI=1S/C23H35NO13/c1-11(25)24-18-16(34-13(3)27)9-23(21(30)32-8,22(6,7)31)37-20(18)19(36-15(5)29)17(35-14(4)28)10-33-12(2)26/h16-20,31H,9-10H2,1-8H3,(H,24,25)/t16-,17+,18+,19+,20+,23+/m0/s1. The summed E-state index contributed by atoms with van der Waals surface area (Å²) in [4.78, 5) is 72.7. The van der Waals surface area contributed by atoms with Gasteiger partial charge in [-0.3, -0.25) is 24.0 Å². The molecule has 0 aromatic heterocycles. The molecule has 0 unspecified atom stereocenters. The Bertz CT molecular complexity index is 896. The molecule has 14 heteroatoms. The van der Waals surface area contributed by atoms with Gasteiger partial charge in [-0.15, -0.1) is 0 Å². The van der Waals surface area contributed by atoms with Crippen LogP contribution in [0.2, 0.25) is 0 Å². The van der Waals surface area contributed by atoms with Crippen molar-refractivity contribution in [3.8, 4) is 0 Å². The average Bonchev–Trinajstić information content (AvgIpc) is 2.73. The molecule has 1 rings (SSSR count). The van der Waals surface area contributed by atoms with Gasteiger partial charge in [0.2, 0.25) is 5.91 Å². The highest BCUT2D eigenvalue weighted by Crippen LogP contribution is 2.42. The quantitative estimate of drug-likeness (QED) is 0.265. The van der Waals surface area contributed by atoms with Gasteiger partial charge in [-0.05, 0) is 13.8 Å². The van der Waals surface area contributed by atoms with Crippen LogP contribution in [0.15, 0.2) is 0 Å². The SMILES string of the molecule is COC(=O)[C@@]1(C(C)(C)O)C[C@H](OC(C)=O)[C@@H](NC(C)=O)[C@H]([C@H](OC(C)=O)[C@@H](COC(C)=O)OC(C)=O)O1. The second-order valence-electron chi connectivity index (χ2n) is 9.06. The number of methoxy groups -OCH3 is 1. The topological polar surface area (TPSA) is 190 Å². The lowest BCUT2D eigenvalue weighted by Gasteiger charge is -2.52. The highest BCUT2D eigenvalue weighted by molar-refractivity contribution is 5.82. The first-order valence-electron chi connectivity index (χ1n) is 11.4. The Morgan fingerprint density at radius 2 is 1.54 bits per heavy atom. The van der Waals surface area contributed by atoms with Crippen molar-refractivity contribution in [3.05, 3.63) is 0 Å². The second kappa shape index (κ2) is 12.8. The van der Waals surface area contributed by atoms with Crippen molar-refractivity contribution in [3.63, 3.8) is 0 Å². The minimum atomic E-state index is -2.22. The molecule has 1 heterocycles. The Labute approximate surface area is 214 Å². The van der Waals surface area contributed by atoms with Crippen molar-refractivity contribution in [1.29, 1.82) is 0 Å². The molecule has 2 N–H and O–H groups in total. The van der Waals surface area contributed by atoms with Crippen molar-refractivity contribution in [2.75, 3.05) is 13.7 Å². The number of ether oxygens (including phenoxy) is 6. The first-order valence-corrected chi connectivity index (χ1v) is 11.4. The van der Waals surface area contributed by atoms with Crippen LogP contribution in [0.5, 0.6) is 0 Å². The molecule has 1 aliphatic rings. The number of rotatable bonds is 10. The van der Waals surface area contributed by atoms with Gasteiger partial charge in [0.15, 0.2) is 17.8 Å². The Morgan fingerprint density at radius 1 is 0.973 bits per heavy atom. The molecule has 1 saturated heterocycles. The van der Waals surface area contributed by atoms with Crippen molar-refractivity contribution in [2.45, 2.75) is 96.5 Å². The smallest absolute Gasteiger partial charge is 0.341 e. The molecule has 37 heavy (non-hydrogen) atoms. The van der Waals surface area contributed by atoms with E-state index in [9.17, 15) is 33.9 Å². The van der Waals surface area contributed by atoms with E-state index in [0.29, 0.717) is 0 Å². The van der Waals surface area contributed by atoms with Gasteiger partial charge in [-0.1, -0.05) is 0 Å². The maximum atomic E-state index is 13.1. The first kappa shape index (κ1) is 31.8. The van der Waals surface area contributed by atoms with E-state index in [4.69, 9.17) is 28.4 Å². The predicted molar refractivity (Wildman–Crippen MR) is 121 cm³/mol. The van der Waals surface area contributed by atoms with Gasteiger partial charge in [0, 0.05) is 41.0 Å². The molecule has 0 aromatic carbocycles. The van der Waals surface area contributed by atoms with Crippen LogP contribution >= 0.6 is 0 Å². The third-order valence-electron chi connectivity index (χ3n) is 5.53. The fraction of sp³-hybridized carbons (Fsp3) is 0.739. The summed E-state index contributed by atoms with van der Waals surface area (Å²) in [5, 5.41) is 13.6. The van der Waals surface area contributed by atoms with E-state index < -0.39 is 90.4 Å². The van der Waals surface area contributed by atoms with E-state index in [-0.39, 0.29) is 0 Å². The van der Waals surface area contributed by atoms with Crippen LogP contribution in [-0.4, -0.2) is 96.2 Å². The molecule has 0 bridgehead atoms. The van der Waals surface area contributed by atoms with E-state index in [1.54, 1.807) is 0 Å². The summed E-state index contributed by atoms with van der Waals surface area (Å²) in [6.07, 6.45) is -6.53. The highest BCUT2D eigenvalue weighted by Gasteiger charge is 2.63. The molecule has 0 saturated carbocycles. The summed E-state index contributed by atoms with van der Waals surface area (Å²) in [5.74, 6) is -4.96. The van der Waals surface area contributed by atoms with Crippen molar-refractivity contribution >= 4 is 35.8 Å². The van der Waals surface area contributed by atoms with Crippen LogP contribution < -0.4 is 5.32 Å². The molecular formula is C23H35NO13. The number of esters is 5. The van der Waals surface area contributed by atoms with Crippen LogP contribution in [0.4, 0.5) is 0 Å². The van der Waals surface area contributed by atoms with E-state index >= 15 is 0 Å². The minimum Gasteiger partial charge on any atom is -0.467 e. The molecule has 6 atom stereocenters. The zero-order chi connectivity index (χ0) is 28.7. The Morgan fingerprint density at radius 3 is 1.95 bits per heavy atom. The molecule has 14 nitrogen and oxygen atoms in total. The number of aliphatic hydroxyl groups is 1. The van der Waals surface area contributed by atoms with Crippen LogP contribution in [0.3, 0.4) is 0 Å². The highest BCUT2D eigenvalue weighted by atomic mass is 16.6. The van der Waals surface area contributed by atoms with Gasteiger partial charge in [0.25, 0.3) is 0 Å². The summed E-state index contributed by atoms with van der Waals surface area (Å²) in [5.41, 5.74) is -4.20. The summed E-state index contributed by atoms with van der Waals surface area (Å²) in [6, 6.07) is -1.29. The maximum absolute atomic E-state index is 13.1. The minimum absolute atomic E-state index is 0.473. The van der Waals surface area contributed by atoms with Crippen LogP contribution in [0.25, 0.3) is 0 Å². The van der Waals surface area contributed by atoms with E-state index in [1.807, 2.05) is 0 Å². The first-order chi connectivity index (χ1) is 16.9. The van der Waals surface area contributed by atoms with E-state index in [2.05, 4.69) is 5.32 Å². The molecule has 0 spiro atoms. The molecule has 1 amide bonds. The number of nitrogens with one attached hydrogen (secondary N) is 1. The summed E-state index contributed by atoms with van der Waals surface area (Å²) in [6.45, 7) is 7.31. The van der Waals surface area contributed by atoms with Crippen molar-refractivity contribution in [2.24, 2.45) is 0 Å². The monoisotopic (exact) mass is 533 g/mol. The molecule has 0 aromatic rings. The van der Waals surface area contributed by atoms with Gasteiger partial charge < -0.3 is 38.8 Å². The molecule has 0 aliphatic carbocycles. The average molecular weight is 534 g/mol. The molecule has 0 radical (unpaired) electrons. The Kier molecular flexibility index (Phi) is 11.0. The third-order valence-corrected chi connectivity index (χ3v) is 5.53. The molecule has 1 aliphatic heterocycles. The number of carbonyl (C=O) groups excluding carboxylic acids is 6. The maximum Gasteiger partial charge on any atom is 0.341 e. The van der Waals surface area contributed by atoms with Gasteiger partial charge in [-0.2, -0.15) is 0 Å². The van der Waals surface area contributed by atoms with Crippen molar-refractivity contribution in [1.82, 2.24) is 5.32 Å². The zero-order valence-electron chi connectivity index (χ0n) is 22.1. The number of amides is 1. The van der Waals surface area contributed by atoms with Crippen molar-refractivity contribution < 1.29 is 62.3 Å². The Balaban J connectivity index is 3.88. The van der Waals surface area contributed by atoms with Gasteiger partial charge >= 0.3 is 29.8 Å². The van der Waals surface area contributed by atoms with E-state index in [0.717, 1.165) is 41.7 Å². The predicted octanol–water partition coefficient (Wildman–Crippen LogP) is -0.679. The third kappa shape index (κ3) is 8.39. The number of hydrogen-bond acceptors (Lipinski definition) is 13. The van der Waals surface area contributed by atoms with Gasteiger partial charge in [0.1, 0.15) is 18.8 Å². The normalized spacial score (nSPS) is 25.1.